The minimum Gasteiger partial charge on any atom is -0.493 e. The summed E-state index contributed by atoms with van der Waals surface area (Å²) < 4.78 is 23.5. The van der Waals surface area contributed by atoms with Crippen LogP contribution in [-0.2, 0) is 22.8 Å². The van der Waals surface area contributed by atoms with E-state index in [1.165, 1.54) is 14.2 Å². The van der Waals surface area contributed by atoms with Gasteiger partial charge in [-0.3, -0.25) is 4.84 Å². The SMILES string of the molecule is COCc1ccc(CON)c(OC)c1F. The lowest BCUT2D eigenvalue weighted by Crippen LogP contribution is -2.04. The Labute approximate surface area is 87.7 Å². The Morgan fingerprint density at radius 1 is 1.20 bits per heavy atom. The van der Waals surface area contributed by atoms with Crippen LogP contribution >= 0.6 is 0 Å². The lowest BCUT2D eigenvalue weighted by atomic mass is 10.1. The Hall–Kier alpha value is -1.17. The quantitative estimate of drug-likeness (QED) is 0.754. The second-order valence-electron chi connectivity index (χ2n) is 2.98. The molecule has 84 valence electrons. The lowest BCUT2D eigenvalue weighted by molar-refractivity contribution is 0.121. The molecule has 0 aliphatic heterocycles. The first-order valence-corrected chi connectivity index (χ1v) is 4.39. The summed E-state index contributed by atoms with van der Waals surface area (Å²) in [6.07, 6.45) is 0. The van der Waals surface area contributed by atoms with Crippen molar-refractivity contribution in [2.75, 3.05) is 14.2 Å². The van der Waals surface area contributed by atoms with E-state index >= 15 is 0 Å². The molecule has 0 spiro atoms. The molecule has 0 saturated heterocycles. The normalized spacial score (nSPS) is 10.4. The van der Waals surface area contributed by atoms with Crippen molar-refractivity contribution < 1.29 is 18.7 Å². The summed E-state index contributed by atoms with van der Waals surface area (Å²) in [5.74, 6) is 4.64. The van der Waals surface area contributed by atoms with Crippen molar-refractivity contribution in [2.24, 2.45) is 5.90 Å². The van der Waals surface area contributed by atoms with Gasteiger partial charge >= 0.3 is 0 Å². The molecular formula is C10H14FNO3. The number of rotatable bonds is 5. The van der Waals surface area contributed by atoms with Gasteiger partial charge in [0.15, 0.2) is 11.6 Å². The van der Waals surface area contributed by atoms with Gasteiger partial charge < -0.3 is 9.47 Å². The molecule has 4 nitrogen and oxygen atoms in total. The van der Waals surface area contributed by atoms with Crippen molar-refractivity contribution in [3.63, 3.8) is 0 Å². The Bertz CT molecular complexity index is 331. The molecule has 1 rings (SSSR count). The molecule has 0 saturated carbocycles. The maximum Gasteiger partial charge on any atom is 0.170 e. The number of benzene rings is 1. The highest BCUT2D eigenvalue weighted by Gasteiger charge is 2.13. The smallest absolute Gasteiger partial charge is 0.170 e. The molecule has 1 aromatic carbocycles. The zero-order chi connectivity index (χ0) is 11.3. The Balaban J connectivity index is 3.08. The van der Waals surface area contributed by atoms with E-state index in [1.807, 2.05) is 0 Å². The minimum atomic E-state index is -0.436. The molecule has 0 amide bonds. The highest BCUT2D eigenvalue weighted by Crippen LogP contribution is 2.26. The fraction of sp³-hybridized carbons (Fsp3) is 0.400. The molecule has 15 heavy (non-hydrogen) atoms. The van der Waals surface area contributed by atoms with E-state index in [0.29, 0.717) is 11.1 Å². The van der Waals surface area contributed by atoms with Crippen molar-refractivity contribution in [3.8, 4) is 5.75 Å². The van der Waals surface area contributed by atoms with Crippen LogP contribution in [0.25, 0.3) is 0 Å². The van der Waals surface area contributed by atoms with E-state index in [9.17, 15) is 4.39 Å². The van der Waals surface area contributed by atoms with Crippen molar-refractivity contribution in [1.29, 1.82) is 0 Å². The zero-order valence-electron chi connectivity index (χ0n) is 8.75. The molecule has 0 fully saturated rings. The summed E-state index contributed by atoms with van der Waals surface area (Å²) in [6.45, 7) is 0.305. The first kappa shape index (κ1) is 11.9. The third kappa shape index (κ3) is 2.65. The fourth-order valence-electron chi connectivity index (χ4n) is 1.33. The van der Waals surface area contributed by atoms with Gasteiger partial charge in [0, 0.05) is 18.2 Å². The molecule has 0 radical (unpaired) electrons. The largest absolute Gasteiger partial charge is 0.493 e. The topological polar surface area (TPSA) is 53.7 Å². The van der Waals surface area contributed by atoms with Gasteiger partial charge in [-0.15, -0.1) is 0 Å². The van der Waals surface area contributed by atoms with E-state index in [2.05, 4.69) is 4.84 Å². The summed E-state index contributed by atoms with van der Waals surface area (Å²) >= 11 is 0. The van der Waals surface area contributed by atoms with Crippen LogP contribution in [0.2, 0.25) is 0 Å². The maximum absolute atomic E-state index is 13.7. The molecular weight excluding hydrogens is 201 g/mol. The van der Waals surface area contributed by atoms with Crippen molar-refractivity contribution in [2.45, 2.75) is 13.2 Å². The number of hydrogen-bond acceptors (Lipinski definition) is 4. The molecule has 0 aliphatic carbocycles. The number of ether oxygens (including phenoxy) is 2. The third-order valence-electron chi connectivity index (χ3n) is 2.00. The van der Waals surface area contributed by atoms with E-state index < -0.39 is 5.82 Å². The molecule has 0 unspecified atom stereocenters. The molecule has 0 aromatic heterocycles. The number of halogens is 1. The number of methoxy groups -OCH3 is 2. The molecule has 1 aromatic rings. The third-order valence-corrected chi connectivity index (χ3v) is 2.00. The minimum absolute atomic E-state index is 0.105. The van der Waals surface area contributed by atoms with Gasteiger partial charge in [-0.2, -0.15) is 0 Å². The van der Waals surface area contributed by atoms with Gasteiger partial charge in [0.1, 0.15) is 0 Å². The van der Waals surface area contributed by atoms with Gasteiger partial charge in [-0.05, 0) is 0 Å². The van der Waals surface area contributed by atoms with E-state index in [4.69, 9.17) is 15.4 Å². The van der Waals surface area contributed by atoms with Crippen LogP contribution in [0, 0.1) is 5.82 Å². The van der Waals surface area contributed by atoms with Crippen molar-refractivity contribution in [3.05, 3.63) is 29.1 Å². The van der Waals surface area contributed by atoms with Crippen LogP contribution in [0.5, 0.6) is 5.75 Å². The summed E-state index contributed by atoms with van der Waals surface area (Å²) in [5.41, 5.74) is 1.01. The summed E-state index contributed by atoms with van der Waals surface area (Å²) in [6, 6.07) is 3.32. The summed E-state index contributed by atoms with van der Waals surface area (Å²) in [5, 5.41) is 0. The second kappa shape index (κ2) is 5.65. The van der Waals surface area contributed by atoms with Crippen LogP contribution in [0.3, 0.4) is 0 Å². The number of hydrogen-bond donors (Lipinski definition) is 1. The maximum atomic E-state index is 13.7. The molecule has 2 N–H and O–H groups in total. The van der Waals surface area contributed by atoms with E-state index in [0.717, 1.165) is 0 Å². The van der Waals surface area contributed by atoms with Crippen molar-refractivity contribution in [1.82, 2.24) is 0 Å². The van der Waals surface area contributed by atoms with Crippen molar-refractivity contribution >= 4 is 0 Å². The van der Waals surface area contributed by atoms with E-state index in [-0.39, 0.29) is 19.0 Å². The first-order valence-electron chi connectivity index (χ1n) is 4.39. The predicted octanol–water partition coefficient (Wildman–Crippen LogP) is 1.37. The van der Waals surface area contributed by atoms with Crippen LogP contribution in [0.15, 0.2) is 12.1 Å². The zero-order valence-corrected chi connectivity index (χ0v) is 8.75. The Morgan fingerprint density at radius 2 is 1.87 bits per heavy atom. The highest BCUT2D eigenvalue weighted by molar-refractivity contribution is 5.39. The second-order valence-corrected chi connectivity index (χ2v) is 2.98. The van der Waals surface area contributed by atoms with Crippen LogP contribution in [0.1, 0.15) is 11.1 Å². The Kier molecular flexibility index (Phi) is 4.48. The highest BCUT2D eigenvalue weighted by atomic mass is 19.1. The van der Waals surface area contributed by atoms with Gasteiger partial charge in [-0.25, -0.2) is 10.3 Å². The summed E-state index contributed by atoms with van der Waals surface area (Å²) in [7, 11) is 2.90. The average Bonchev–Trinajstić information content (AvgIpc) is 2.23. The van der Waals surface area contributed by atoms with Gasteiger partial charge in [-0.1, -0.05) is 12.1 Å². The molecule has 0 aliphatic rings. The van der Waals surface area contributed by atoms with Crippen LogP contribution < -0.4 is 10.6 Å². The molecule has 0 bridgehead atoms. The van der Waals surface area contributed by atoms with Gasteiger partial charge in [0.05, 0.1) is 20.3 Å². The standard InChI is InChI=1S/C10H14FNO3/c1-13-5-7-3-4-8(6-15-12)10(14-2)9(7)11/h3-4H,5-6,12H2,1-2H3. The molecule has 0 atom stereocenters. The van der Waals surface area contributed by atoms with Gasteiger partial charge in [0.25, 0.3) is 0 Å². The average molecular weight is 215 g/mol. The fourth-order valence-corrected chi connectivity index (χ4v) is 1.33. The van der Waals surface area contributed by atoms with E-state index in [1.54, 1.807) is 12.1 Å². The molecule has 5 heteroatoms. The lowest BCUT2D eigenvalue weighted by Gasteiger charge is -2.11. The number of nitrogens with two attached hydrogens (primary N) is 1. The first-order chi connectivity index (χ1) is 7.24. The Morgan fingerprint density at radius 3 is 2.40 bits per heavy atom. The molecule has 0 heterocycles. The van der Waals surface area contributed by atoms with Crippen LogP contribution in [0.4, 0.5) is 4.39 Å². The predicted molar refractivity (Wildman–Crippen MR) is 52.6 cm³/mol. The monoisotopic (exact) mass is 215 g/mol. The van der Waals surface area contributed by atoms with Gasteiger partial charge in [0.2, 0.25) is 0 Å². The van der Waals surface area contributed by atoms with Crippen LogP contribution in [-0.4, -0.2) is 14.2 Å². The summed E-state index contributed by atoms with van der Waals surface area (Å²) in [4.78, 5) is 4.45.